The molecule has 34 heavy (non-hydrogen) atoms. The van der Waals surface area contributed by atoms with Crippen molar-refractivity contribution in [2.75, 3.05) is 0 Å². The average Bonchev–Trinajstić information content (AvgIpc) is 3.46. The highest BCUT2D eigenvalue weighted by Gasteiger charge is 2.37. The molecular formula is C27H40N6O. The maximum Gasteiger partial charge on any atom is 0.252 e. The number of fused-ring (bicyclic) bond motifs is 1. The van der Waals surface area contributed by atoms with E-state index in [1.807, 2.05) is 4.68 Å². The van der Waals surface area contributed by atoms with Gasteiger partial charge in [-0.1, -0.05) is 45.2 Å². The smallest absolute Gasteiger partial charge is 0.252 e. The number of aromatic amines is 1. The standard InChI is InChI=1S/C27H40N6O/c1-8-27(6,7)33-25(29-30-31-33)24(17(2)3)32(22-11-9-10-12-22)16-21-15-20-14-18(4)13-19(5)23(20)28-26(21)34/h13-15,17,22,24H,8-12,16H2,1-7H3,(H,28,34). The van der Waals surface area contributed by atoms with Gasteiger partial charge in [0.15, 0.2) is 5.82 Å². The van der Waals surface area contributed by atoms with E-state index >= 15 is 0 Å². The Balaban J connectivity index is 1.81. The number of nitrogens with one attached hydrogen (secondary N) is 1. The highest BCUT2D eigenvalue weighted by molar-refractivity contribution is 5.82. The number of rotatable bonds is 8. The van der Waals surface area contributed by atoms with E-state index in [9.17, 15) is 4.79 Å². The number of nitrogens with zero attached hydrogens (tertiary/aromatic N) is 5. The number of tetrazole rings is 1. The number of benzene rings is 1. The van der Waals surface area contributed by atoms with E-state index in [-0.39, 0.29) is 17.1 Å². The normalized spacial score (nSPS) is 16.3. The van der Waals surface area contributed by atoms with Crippen molar-refractivity contribution in [3.63, 3.8) is 0 Å². The zero-order chi connectivity index (χ0) is 24.6. The summed E-state index contributed by atoms with van der Waals surface area (Å²) >= 11 is 0. The van der Waals surface area contributed by atoms with Gasteiger partial charge < -0.3 is 4.98 Å². The number of aromatic nitrogens is 5. The van der Waals surface area contributed by atoms with Gasteiger partial charge >= 0.3 is 0 Å². The van der Waals surface area contributed by atoms with Crippen LogP contribution >= 0.6 is 0 Å². The van der Waals surface area contributed by atoms with Crippen molar-refractivity contribution in [3.05, 3.63) is 51.1 Å². The van der Waals surface area contributed by atoms with Crippen LogP contribution in [-0.4, -0.2) is 36.1 Å². The third-order valence-corrected chi connectivity index (χ3v) is 7.70. The summed E-state index contributed by atoms with van der Waals surface area (Å²) in [6.07, 6.45) is 5.67. The van der Waals surface area contributed by atoms with Crippen molar-refractivity contribution >= 4 is 10.9 Å². The fourth-order valence-electron chi connectivity index (χ4n) is 5.53. The van der Waals surface area contributed by atoms with Gasteiger partial charge in [0.1, 0.15) is 0 Å². The van der Waals surface area contributed by atoms with Gasteiger partial charge in [-0.25, -0.2) is 4.68 Å². The molecule has 1 atom stereocenters. The fraction of sp³-hybridized carbons (Fsp3) is 0.630. The lowest BCUT2D eigenvalue weighted by Gasteiger charge is -2.39. The van der Waals surface area contributed by atoms with Gasteiger partial charge in [0.2, 0.25) is 0 Å². The van der Waals surface area contributed by atoms with Crippen LogP contribution in [0.15, 0.2) is 23.0 Å². The highest BCUT2D eigenvalue weighted by Crippen LogP contribution is 2.37. The Bertz CT molecular complexity index is 1200. The fourth-order valence-corrected chi connectivity index (χ4v) is 5.53. The minimum Gasteiger partial charge on any atom is -0.321 e. The molecule has 184 valence electrons. The molecule has 1 unspecified atom stereocenters. The largest absolute Gasteiger partial charge is 0.321 e. The van der Waals surface area contributed by atoms with E-state index in [1.165, 1.54) is 18.4 Å². The molecule has 2 heterocycles. The molecule has 1 aliphatic rings. The molecule has 1 saturated carbocycles. The molecule has 1 aliphatic carbocycles. The Morgan fingerprint density at radius 1 is 1.18 bits per heavy atom. The van der Waals surface area contributed by atoms with Crippen LogP contribution in [0.2, 0.25) is 0 Å². The lowest BCUT2D eigenvalue weighted by molar-refractivity contribution is 0.0791. The van der Waals surface area contributed by atoms with Crippen molar-refractivity contribution in [2.45, 2.75) is 105 Å². The highest BCUT2D eigenvalue weighted by atomic mass is 16.1. The van der Waals surface area contributed by atoms with E-state index in [2.05, 4.69) is 92.1 Å². The first-order chi connectivity index (χ1) is 16.1. The molecule has 3 aromatic rings. The summed E-state index contributed by atoms with van der Waals surface area (Å²) in [6.45, 7) is 15.8. The molecule has 4 rings (SSSR count). The molecule has 7 nitrogen and oxygen atoms in total. The number of H-pyrrole nitrogens is 1. The van der Waals surface area contributed by atoms with Crippen LogP contribution in [0.5, 0.6) is 0 Å². The molecule has 0 radical (unpaired) electrons. The second-order valence-electron chi connectivity index (χ2n) is 11.1. The van der Waals surface area contributed by atoms with Crippen LogP contribution in [-0.2, 0) is 12.1 Å². The van der Waals surface area contributed by atoms with E-state index in [0.29, 0.717) is 18.5 Å². The first-order valence-corrected chi connectivity index (χ1v) is 12.8. The summed E-state index contributed by atoms with van der Waals surface area (Å²) in [5, 5.41) is 14.2. The Kier molecular flexibility index (Phi) is 6.94. The number of aryl methyl sites for hydroxylation is 2. The van der Waals surface area contributed by atoms with E-state index < -0.39 is 0 Å². The maximum absolute atomic E-state index is 13.2. The molecule has 0 spiro atoms. The van der Waals surface area contributed by atoms with Gasteiger partial charge in [-0.05, 0) is 86.4 Å². The number of pyridine rings is 1. The van der Waals surface area contributed by atoms with Crippen LogP contribution in [0.4, 0.5) is 0 Å². The molecule has 1 aromatic carbocycles. The Hall–Kier alpha value is -2.54. The first-order valence-electron chi connectivity index (χ1n) is 12.8. The number of hydrogen-bond acceptors (Lipinski definition) is 5. The summed E-state index contributed by atoms with van der Waals surface area (Å²) < 4.78 is 2.01. The summed E-state index contributed by atoms with van der Waals surface area (Å²) in [4.78, 5) is 18.9. The van der Waals surface area contributed by atoms with Crippen molar-refractivity contribution in [1.29, 1.82) is 0 Å². The molecule has 0 saturated heterocycles. The predicted molar refractivity (Wildman–Crippen MR) is 137 cm³/mol. The predicted octanol–water partition coefficient (Wildman–Crippen LogP) is 5.42. The average molecular weight is 465 g/mol. The van der Waals surface area contributed by atoms with Crippen LogP contribution < -0.4 is 5.56 Å². The summed E-state index contributed by atoms with van der Waals surface area (Å²) in [6, 6.07) is 6.81. The van der Waals surface area contributed by atoms with Gasteiger partial charge in [-0.15, -0.1) is 5.10 Å². The van der Waals surface area contributed by atoms with Crippen LogP contribution in [0.3, 0.4) is 0 Å². The Morgan fingerprint density at radius 3 is 2.53 bits per heavy atom. The topological polar surface area (TPSA) is 79.7 Å². The lowest BCUT2D eigenvalue weighted by atomic mass is 9.95. The quantitative estimate of drug-likeness (QED) is 0.482. The third-order valence-electron chi connectivity index (χ3n) is 7.70. The molecule has 1 N–H and O–H groups in total. The molecule has 7 heteroatoms. The minimum absolute atomic E-state index is 0.00145. The second kappa shape index (κ2) is 9.61. The van der Waals surface area contributed by atoms with Crippen LogP contribution in [0.25, 0.3) is 10.9 Å². The van der Waals surface area contributed by atoms with Crippen molar-refractivity contribution in [1.82, 2.24) is 30.1 Å². The zero-order valence-electron chi connectivity index (χ0n) is 21.9. The molecule has 0 bridgehead atoms. The van der Waals surface area contributed by atoms with Gasteiger partial charge in [-0.2, -0.15) is 0 Å². The summed E-state index contributed by atoms with van der Waals surface area (Å²) in [5.41, 5.74) is 3.87. The van der Waals surface area contributed by atoms with Gasteiger partial charge in [0, 0.05) is 18.2 Å². The van der Waals surface area contributed by atoms with Gasteiger partial charge in [0.05, 0.1) is 17.1 Å². The molecule has 1 fully saturated rings. The van der Waals surface area contributed by atoms with Crippen molar-refractivity contribution in [2.24, 2.45) is 5.92 Å². The first kappa shape index (κ1) is 24.6. The number of hydrogen-bond donors (Lipinski definition) is 1. The lowest BCUT2D eigenvalue weighted by Crippen LogP contribution is -2.42. The SMILES string of the molecule is CCC(C)(C)n1nnnc1C(C(C)C)N(Cc1cc2cc(C)cc(C)c2[nH]c1=O)C1CCCC1. The van der Waals surface area contributed by atoms with Gasteiger partial charge in [-0.3, -0.25) is 9.69 Å². The second-order valence-corrected chi connectivity index (χ2v) is 11.1. The van der Waals surface area contributed by atoms with E-state index in [1.54, 1.807) is 0 Å². The van der Waals surface area contributed by atoms with Crippen molar-refractivity contribution < 1.29 is 0 Å². The zero-order valence-corrected chi connectivity index (χ0v) is 21.9. The van der Waals surface area contributed by atoms with Crippen LogP contribution in [0.1, 0.15) is 95.3 Å². The Morgan fingerprint density at radius 2 is 1.88 bits per heavy atom. The molecular weight excluding hydrogens is 424 g/mol. The third kappa shape index (κ3) is 4.67. The Labute approximate surface area is 202 Å². The van der Waals surface area contributed by atoms with Crippen molar-refractivity contribution in [3.8, 4) is 0 Å². The maximum atomic E-state index is 13.2. The summed E-state index contributed by atoms with van der Waals surface area (Å²) in [7, 11) is 0. The molecule has 0 aliphatic heterocycles. The minimum atomic E-state index is -0.178. The monoisotopic (exact) mass is 464 g/mol. The van der Waals surface area contributed by atoms with Gasteiger partial charge in [0.25, 0.3) is 5.56 Å². The molecule has 2 aromatic heterocycles. The molecule has 0 amide bonds. The summed E-state index contributed by atoms with van der Waals surface area (Å²) in [5.74, 6) is 1.19. The van der Waals surface area contributed by atoms with E-state index in [0.717, 1.165) is 47.1 Å². The van der Waals surface area contributed by atoms with Crippen LogP contribution in [0, 0.1) is 19.8 Å². The van der Waals surface area contributed by atoms with E-state index in [4.69, 9.17) is 0 Å².